The minimum atomic E-state index is -0.0444. The summed E-state index contributed by atoms with van der Waals surface area (Å²) < 4.78 is 11.1. The lowest BCUT2D eigenvalue weighted by Gasteiger charge is -2.20. The van der Waals surface area contributed by atoms with Crippen LogP contribution in [0.3, 0.4) is 0 Å². The zero-order valence-corrected chi connectivity index (χ0v) is 12.5. The molecule has 0 radical (unpaired) electrons. The van der Waals surface area contributed by atoms with E-state index in [0.717, 1.165) is 40.5 Å². The Morgan fingerprint density at radius 2 is 1.81 bits per heavy atom. The first-order chi connectivity index (χ1) is 10.2. The molecule has 2 aromatic rings. The number of benzene rings is 2. The normalized spacial score (nSPS) is 14.8. The van der Waals surface area contributed by atoms with E-state index in [0.29, 0.717) is 13.2 Å². The summed E-state index contributed by atoms with van der Waals surface area (Å²) in [5.74, 6) is 1.58. The third kappa shape index (κ3) is 3.31. The number of fused-ring (bicyclic) bond motifs is 1. The van der Waals surface area contributed by atoms with E-state index >= 15 is 0 Å². The largest absolute Gasteiger partial charge is 0.486 e. The van der Waals surface area contributed by atoms with E-state index in [2.05, 4.69) is 0 Å². The van der Waals surface area contributed by atoms with Crippen molar-refractivity contribution >= 4 is 11.6 Å². The van der Waals surface area contributed by atoms with Gasteiger partial charge in [-0.2, -0.15) is 0 Å². The molecule has 3 rings (SSSR count). The Bertz CT molecular complexity index is 630. The molecule has 0 saturated carbocycles. The maximum atomic E-state index is 6.29. The second-order valence-electron chi connectivity index (χ2n) is 5.14. The maximum absolute atomic E-state index is 6.29. The molecule has 2 aromatic carbocycles. The van der Waals surface area contributed by atoms with Gasteiger partial charge >= 0.3 is 0 Å². The molecule has 0 spiro atoms. The topological polar surface area (TPSA) is 44.5 Å². The Hall–Kier alpha value is -1.71. The van der Waals surface area contributed by atoms with Crippen LogP contribution in [0.25, 0.3) is 0 Å². The molecule has 21 heavy (non-hydrogen) atoms. The van der Waals surface area contributed by atoms with Gasteiger partial charge in [0.15, 0.2) is 11.5 Å². The molecule has 110 valence electrons. The predicted molar refractivity (Wildman–Crippen MR) is 84.1 cm³/mol. The van der Waals surface area contributed by atoms with Crippen LogP contribution in [-0.4, -0.2) is 13.2 Å². The third-order valence-electron chi connectivity index (χ3n) is 3.68. The number of ether oxygens (including phenoxy) is 2. The number of nitrogens with two attached hydrogens (primary N) is 1. The van der Waals surface area contributed by atoms with E-state index in [1.54, 1.807) is 0 Å². The van der Waals surface area contributed by atoms with Gasteiger partial charge in [0.1, 0.15) is 13.2 Å². The maximum Gasteiger partial charge on any atom is 0.161 e. The van der Waals surface area contributed by atoms with Crippen molar-refractivity contribution in [3.05, 3.63) is 58.6 Å². The molecule has 2 N–H and O–H groups in total. The SMILES string of the molecule is N[C@@H](CCc1ccccc1Cl)c1ccc2c(c1)OCCO2. The molecule has 0 unspecified atom stereocenters. The average Bonchev–Trinajstić information content (AvgIpc) is 2.53. The summed E-state index contributed by atoms with van der Waals surface area (Å²) in [7, 11) is 0. The van der Waals surface area contributed by atoms with Crippen LogP contribution in [0.2, 0.25) is 5.02 Å². The minimum absolute atomic E-state index is 0.0444. The highest BCUT2D eigenvalue weighted by molar-refractivity contribution is 6.31. The molecule has 0 aromatic heterocycles. The van der Waals surface area contributed by atoms with Gasteiger partial charge in [-0.15, -0.1) is 0 Å². The molecule has 1 aliphatic heterocycles. The van der Waals surface area contributed by atoms with E-state index in [1.165, 1.54) is 0 Å². The first kappa shape index (κ1) is 14.2. The lowest BCUT2D eigenvalue weighted by molar-refractivity contribution is 0.171. The summed E-state index contributed by atoms with van der Waals surface area (Å²) in [4.78, 5) is 0. The van der Waals surface area contributed by atoms with Gasteiger partial charge in [-0.25, -0.2) is 0 Å². The second kappa shape index (κ2) is 6.37. The molecule has 1 heterocycles. The second-order valence-corrected chi connectivity index (χ2v) is 5.55. The van der Waals surface area contributed by atoms with E-state index < -0.39 is 0 Å². The zero-order chi connectivity index (χ0) is 14.7. The molecule has 0 fully saturated rings. The lowest BCUT2D eigenvalue weighted by Crippen LogP contribution is -2.17. The summed E-state index contributed by atoms with van der Waals surface area (Å²) in [6.45, 7) is 1.19. The number of halogens is 1. The Labute approximate surface area is 129 Å². The lowest BCUT2D eigenvalue weighted by atomic mass is 9.99. The van der Waals surface area contributed by atoms with Crippen molar-refractivity contribution in [2.45, 2.75) is 18.9 Å². The van der Waals surface area contributed by atoms with Gasteiger partial charge in [-0.3, -0.25) is 0 Å². The van der Waals surface area contributed by atoms with Crippen molar-refractivity contribution in [3.8, 4) is 11.5 Å². The molecule has 1 aliphatic rings. The monoisotopic (exact) mass is 303 g/mol. The number of hydrogen-bond donors (Lipinski definition) is 1. The molecular formula is C17H18ClNO2. The summed E-state index contributed by atoms with van der Waals surface area (Å²) in [6.07, 6.45) is 1.69. The molecule has 4 heteroatoms. The van der Waals surface area contributed by atoms with Gasteiger partial charge in [0, 0.05) is 11.1 Å². The van der Waals surface area contributed by atoms with Crippen LogP contribution < -0.4 is 15.2 Å². The Kier molecular flexibility index (Phi) is 4.32. The Morgan fingerprint density at radius 3 is 2.62 bits per heavy atom. The first-order valence-electron chi connectivity index (χ1n) is 7.12. The minimum Gasteiger partial charge on any atom is -0.486 e. The molecular weight excluding hydrogens is 286 g/mol. The zero-order valence-electron chi connectivity index (χ0n) is 11.7. The van der Waals surface area contributed by atoms with Crippen LogP contribution >= 0.6 is 11.6 Å². The molecule has 1 atom stereocenters. The summed E-state index contributed by atoms with van der Waals surface area (Å²) in [5, 5.41) is 0.798. The quantitative estimate of drug-likeness (QED) is 0.935. The van der Waals surface area contributed by atoms with Crippen LogP contribution in [0.4, 0.5) is 0 Å². The fraction of sp³-hybridized carbons (Fsp3) is 0.294. The summed E-state index contributed by atoms with van der Waals surface area (Å²) in [6, 6.07) is 13.8. The average molecular weight is 304 g/mol. The summed E-state index contributed by atoms with van der Waals surface area (Å²) >= 11 is 6.17. The van der Waals surface area contributed by atoms with Crippen molar-refractivity contribution in [1.29, 1.82) is 0 Å². The van der Waals surface area contributed by atoms with E-state index in [4.69, 9.17) is 26.8 Å². The van der Waals surface area contributed by atoms with Crippen molar-refractivity contribution in [2.24, 2.45) is 5.73 Å². The molecule has 0 aliphatic carbocycles. The van der Waals surface area contributed by atoms with Gasteiger partial charge in [0.2, 0.25) is 0 Å². The van der Waals surface area contributed by atoms with E-state index in [1.807, 2.05) is 42.5 Å². The van der Waals surface area contributed by atoms with Crippen LogP contribution in [-0.2, 0) is 6.42 Å². The number of rotatable bonds is 4. The van der Waals surface area contributed by atoms with E-state index in [9.17, 15) is 0 Å². The third-order valence-corrected chi connectivity index (χ3v) is 4.05. The highest BCUT2D eigenvalue weighted by Gasteiger charge is 2.15. The fourth-order valence-electron chi connectivity index (χ4n) is 2.47. The highest BCUT2D eigenvalue weighted by Crippen LogP contribution is 2.33. The Balaban J connectivity index is 1.68. The highest BCUT2D eigenvalue weighted by atomic mass is 35.5. The van der Waals surface area contributed by atoms with Crippen LogP contribution in [0.15, 0.2) is 42.5 Å². The van der Waals surface area contributed by atoms with Crippen molar-refractivity contribution < 1.29 is 9.47 Å². The number of hydrogen-bond acceptors (Lipinski definition) is 3. The number of aryl methyl sites for hydroxylation is 1. The van der Waals surface area contributed by atoms with Crippen LogP contribution in [0.1, 0.15) is 23.6 Å². The summed E-state index contributed by atoms with van der Waals surface area (Å²) in [5.41, 5.74) is 8.48. The van der Waals surface area contributed by atoms with Crippen molar-refractivity contribution in [3.63, 3.8) is 0 Å². The standard InChI is InChI=1S/C17H18ClNO2/c18-14-4-2-1-3-12(14)5-7-15(19)13-6-8-16-17(11-13)21-10-9-20-16/h1-4,6,8,11,15H,5,7,9-10,19H2/t15-/m0/s1. The molecule has 3 nitrogen and oxygen atoms in total. The first-order valence-corrected chi connectivity index (χ1v) is 7.50. The fourth-order valence-corrected chi connectivity index (χ4v) is 2.70. The van der Waals surface area contributed by atoms with Gasteiger partial charge < -0.3 is 15.2 Å². The van der Waals surface area contributed by atoms with Crippen molar-refractivity contribution in [2.75, 3.05) is 13.2 Å². The smallest absolute Gasteiger partial charge is 0.161 e. The molecule has 0 amide bonds. The van der Waals surface area contributed by atoms with Gasteiger partial charge in [0.25, 0.3) is 0 Å². The van der Waals surface area contributed by atoms with Gasteiger partial charge in [0.05, 0.1) is 0 Å². The molecule has 0 saturated heterocycles. The van der Waals surface area contributed by atoms with Crippen LogP contribution in [0.5, 0.6) is 11.5 Å². The van der Waals surface area contributed by atoms with Gasteiger partial charge in [-0.05, 0) is 42.2 Å². The van der Waals surface area contributed by atoms with Crippen molar-refractivity contribution in [1.82, 2.24) is 0 Å². The predicted octanol–water partition coefficient (Wildman–Crippen LogP) is 3.74. The Morgan fingerprint density at radius 1 is 1.05 bits per heavy atom. The van der Waals surface area contributed by atoms with E-state index in [-0.39, 0.29) is 6.04 Å². The molecule has 0 bridgehead atoms. The van der Waals surface area contributed by atoms with Gasteiger partial charge in [-0.1, -0.05) is 35.9 Å². The van der Waals surface area contributed by atoms with Crippen LogP contribution in [0, 0.1) is 0 Å².